The van der Waals surface area contributed by atoms with Crippen LogP contribution in [-0.2, 0) is 17.8 Å². The first kappa shape index (κ1) is 17.5. The minimum Gasteiger partial charge on any atom is -0.376 e. The molecule has 0 radical (unpaired) electrons. The number of carbonyl (C=O) groups excluding carboxylic acids is 2. The molecule has 2 aromatic rings. The minimum absolute atomic E-state index is 0.118. The summed E-state index contributed by atoms with van der Waals surface area (Å²) in [6, 6.07) is 8.67. The quantitative estimate of drug-likeness (QED) is 0.871. The third-order valence-electron chi connectivity index (χ3n) is 4.93. The number of amides is 3. The van der Waals surface area contributed by atoms with Crippen molar-refractivity contribution in [1.29, 1.82) is 0 Å². The topological polar surface area (TPSA) is 83.6 Å². The molecule has 2 aliphatic heterocycles. The second-order valence-corrected chi connectivity index (χ2v) is 6.85. The highest BCUT2D eigenvalue weighted by molar-refractivity contribution is 5.95. The Labute approximate surface area is 157 Å². The Morgan fingerprint density at radius 3 is 2.70 bits per heavy atom. The van der Waals surface area contributed by atoms with Gasteiger partial charge in [-0.3, -0.25) is 9.78 Å². The number of aromatic nitrogens is 1. The number of ether oxygens (including phenoxy) is 1. The van der Waals surface area contributed by atoms with E-state index < -0.39 is 0 Å². The van der Waals surface area contributed by atoms with Gasteiger partial charge in [-0.05, 0) is 54.3 Å². The SMILES string of the molecule is O=C(NC[C@H]1CCCO1)c1ccc(NC(=O)N2Cc3ccncc3C2)cc1. The fourth-order valence-electron chi connectivity index (χ4n) is 3.38. The summed E-state index contributed by atoms with van der Waals surface area (Å²) in [7, 11) is 0. The van der Waals surface area contributed by atoms with Crippen LogP contribution in [-0.4, -0.2) is 41.1 Å². The molecule has 2 N–H and O–H groups in total. The molecule has 7 heteroatoms. The van der Waals surface area contributed by atoms with E-state index in [1.165, 1.54) is 0 Å². The van der Waals surface area contributed by atoms with Gasteiger partial charge in [0.1, 0.15) is 0 Å². The number of pyridine rings is 1. The zero-order valence-electron chi connectivity index (χ0n) is 15.0. The van der Waals surface area contributed by atoms with Gasteiger partial charge in [0.2, 0.25) is 0 Å². The number of nitrogens with one attached hydrogen (secondary N) is 2. The van der Waals surface area contributed by atoms with E-state index in [-0.39, 0.29) is 18.0 Å². The number of nitrogens with zero attached hydrogens (tertiary/aromatic N) is 2. The maximum Gasteiger partial charge on any atom is 0.322 e. The van der Waals surface area contributed by atoms with E-state index >= 15 is 0 Å². The van der Waals surface area contributed by atoms with Gasteiger partial charge in [-0.15, -0.1) is 0 Å². The number of benzene rings is 1. The van der Waals surface area contributed by atoms with Crippen LogP contribution in [0, 0.1) is 0 Å². The molecule has 0 saturated carbocycles. The first-order valence-electron chi connectivity index (χ1n) is 9.16. The number of hydrogen-bond donors (Lipinski definition) is 2. The predicted octanol–water partition coefficient (Wildman–Crippen LogP) is 2.54. The standard InChI is InChI=1S/C20H22N4O3/c25-19(22-11-18-2-1-9-27-18)14-3-5-17(6-4-14)23-20(26)24-12-15-7-8-21-10-16(15)13-24/h3-8,10,18H,1-2,9,11-13H2,(H,22,25)(H,23,26)/t18-/m1/s1. The Morgan fingerprint density at radius 1 is 1.15 bits per heavy atom. The van der Waals surface area contributed by atoms with Gasteiger partial charge >= 0.3 is 6.03 Å². The van der Waals surface area contributed by atoms with E-state index in [0.717, 1.165) is 30.6 Å². The van der Waals surface area contributed by atoms with Gasteiger partial charge in [0.25, 0.3) is 5.91 Å². The fraction of sp³-hybridized carbons (Fsp3) is 0.350. The van der Waals surface area contributed by atoms with Gasteiger partial charge < -0.3 is 20.3 Å². The molecule has 3 heterocycles. The van der Waals surface area contributed by atoms with Gasteiger partial charge in [-0.2, -0.15) is 0 Å². The summed E-state index contributed by atoms with van der Waals surface area (Å²) in [5, 5.41) is 5.77. The lowest BCUT2D eigenvalue weighted by atomic mass is 10.2. The van der Waals surface area contributed by atoms with E-state index in [1.807, 2.05) is 6.07 Å². The molecule has 0 bridgehead atoms. The summed E-state index contributed by atoms with van der Waals surface area (Å²) < 4.78 is 5.50. The molecule has 1 aromatic carbocycles. The number of urea groups is 1. The normalized spacial score (nSPS) is 18.2. The fourth-order valence-corrected chi connectivity index (χ4v) is 3.38. The lowest BCUT2D eigenvalue weighted by molar-refractivity contribution is 0.0858. The van der Waals surface area contributed by atoms with Crippen molar-refractivity contribution in [3.63, 3.8) is 0 Å². The number of anilines is 1. The lowest BCUT2D eigenvalue weighted by Gasteiger charge is -2.16. The largest absolute Gasteiger partial charge is 0.376 e. The Bertz CT molecular complexity index is 806. The van der Waals surface area contributed by atoms with E-state index in [9.17, 15) is 9.59 Å². The molecule has 2 aliphatic rings. The van der Waals surface area contributed by atoms with E-state index in [1.54, 1.807) is 41.6 Å². The summed E-state index contributed by atoms with van der Waals surface area (Å²) >= 11 is 0. The van der Waals surface area contributed by atoms with Crippen LogP contribution in [0.2, 0.25) is 0 Å². The molecule has 1 fully saturated rings. The molecular weight excluding hydrogens is 344 g/mol. The smallest absolute Gasteiger partial charge is 0.322 e. The number of fused-ring (bicyclic) bond motifs is 1. The number of carbonyl (C=O) groups is 2. The monoisotopic (exact) mass is 366 g/mol. The average Bonchev–Trinajstić information content (AvgIpc) is 3.36. The molecule has 0 spiro atoms. The van der Waals surface area contributed by atoms with Crippen LogP contribution in [0.5, 0.6) is 0 Å². The maximum absolute atomic E-state index is 12.5. The van der Waals surface area contributed by atoms with Crippen LogP contribution in [0.25, 0.3) is 0 Å². The first-order valence-corrected chi connectivity index (χ1v) is 9.16. The highest BCUT2D eigenvalue weighted by atomic mass is 16.5. The summed E-state index contributed by atoms with van der Waals surface area (Å²) in [6.45, 7) is 2.43. The molecule has 4 rings (SSSR count). The van der Waals surface area contributed by atoms with Gasteiger partial charge in [0.05, 0.1) is 6.10 Å². The second kappa shape index (κ2) is 7.75. The van der Waals surface area contributed by atoms with E-state index in [0.29, 0.717) is 30.9 Å². The van der Waals surface area contributed by atoms with Crippen LogP contribution < -0.4 is 10.6 Å². The molecule has 7 nitrogen and oxygen atoms in total. The third-order valence-corrected chi connectivity index (χ3v) is 4.93. The maximum atomic E-state index is 12.5. The van der Waals surface area contributed by atoms with E-state index in [2.05, 4.69) is 15.6 Å². The van der Waals surface area contributed by atoms with Crippen molar-refractivity contribution in [2.45, 2.75) is 32.0 Å². The van der Waals surface area contributed by atoms with Crippen LogP contribution in [0.4, 0.5) is 10.5 Å². The zero-order chi connectivity index (χ0) is 18.6. The van der Waals surface area contributed by atoms with Crippen molar-refractivity contribution in [2.75, 3.05) is 18.5 Å². The van der Waals surface area contributed by atoms with Crippen molar-refractivity contribution < 1.29 is 14.3 Å². The van der Waals surface area contributed by atoms with Gasteiger partial charge in [0.15, 0.2) is 0 Å². The van der Waals surface area contributed by atoms with Crippen molar-refractivity contribution in [1.82, 2.24) is 15.2 Å². The van der Waals surface area contributed by atoms with Gasteiger partial charge in [0, 0.05) is 49.9 Å². The Kier molecular flexibility index (Phi) is 5.02. The second-order valence-electron chi connectivity index (χ2n) is 6.85. The zero-order valence-corrected chi connectivity index (χ0v) is 15.0. The summed E-state index contributed by atoms with van der Waals surface area (Å²) in [5.41, 5.74) is 3.42. The van der Waals surface area contributed by atoms with Crippen molar-refractivity contribution in [3.05, 3.63) is 59.4 Å². The van der Waals surface area contributed by atoms with Crippen LogP contribution in [0.1, 0.15) is 34.3 Å². The van der Waals surface area contributed by atoms with Crippen LogP contribution in [0.3, 0.4) is 0 Å². The molecule has 1 atom stereocenters. The highest BCUT2D eigenvalue weighted by Gasteiger charge is 2.23. The Balaban J connectivity index is 1.30. The average molecular weight is 366 g/mol. The molecule has 27 heavy (non-hydrogen) atoms. The van der Waals surface area contributed by atoms with Crippen LogP contribution >= 0.6 is 0 Å². The summed E-state index contributed by atoms with van der Waals surface area (Å²) in [6.07, 6.45) is 5.69. The van der Waals surface area contributed by atoms with Gasteiger partial charge in [-0.1, -0.05) is 0 Å². The lowest BCUT2D eigenvalue weighted by Crippen LogP contribution is -2.32. The molecular formula is C20H22N4O3. The number of hydrogen-bond acceptors (Lipinski definition) is 4. The van der Waals surface area contributed by atoms with Crippen LogP contribution in [0.15, 0.2) is 42.7 Å². The molecule has 3 amide bonds. The van der Waals surface area contributed by atoms with Crippen molar-refractivity contribution in [3.8, 4) is 0 Å². The van der Waals surface area contributed by atoms with Gasteiger partial charge in [-0.25, -0.2) is 4.79 Å². The minimum atomic E-state index is -0.165. The molecule has 140 valence electrons. The number of rotatable bonds is 4. The molecule has 0 unspecified atom stereocenters. The first-order chi connectivity index (χ1) is 13.2. The molecule has 1 saturated heterocycles. The Hall–Kier alpha value is -2.93. The predicted molar refractivity (Wildman–Crippen MR) is 100 cm³/mol. The van der Waals surface area contributed by atoms with E-state index in [4.69, 9.17) is 4.74 Å². The highest BCUT2D eigenvalue weighted by Crippen LogP contribution is 2.22. The Morgan fingerprint density at radius 2 is 1.96 bits per heavy atom. The summed E-state index contributed by atoms with van der Waals surface area (Å²) in [4.78, 5) is 30.5. The third kappa shape index (κ3) is 4.09. The molecule has 1 aromatic heterocycles. The molecule has 0 aliphatic carbocycles. The summed E-state index contributed by atoms with van der Waals surface area (Å²) in [5.74, 6) is -0.133. The van der Waals surface area contributed by atoms with Crippen molar-refractivity contribution in [2.24, 2.45) is 0 Å². The van der Waals surface area contributed by atoms with Crippen molar-refractivity contribution >= 4 is 17.6 Å².